The number of hydrogen-bond acceptors (Lipinski definition) is 2. The van der Waals surface area contributed by atoms with E-state index in [1.54, 1.807) is 0 Å². The Morgan fingerprint density at radius 3 is 1.80 bits per heavy atom. The highest BCUT2D eigenvalue weighted by atomic mass is 28.4. The van der Waals surface area contributed by atoms with Crippen molar-refractivity contribution < 1.29 is 4.43 Å². The van der Waals surface area contributed by atoms with Crippen molar-refractivity contribution in [1.29, 1.82) is 0 Å². The molecule has 2 nitrogen and oxygen atoms in total. The summed E-state index contributed by atoms with van der Waals surface area (Å²) >= 11 is 0. The minimum absolute atomic E-state index is 0.130. The van der Waals surface area contributed by atoms with E-state index in [0.29, 0.717) is 6.10 Å². The lowest BCUT2D eigenvalue weighted by Crippen LogP contribution is -2.61. The Morgan fingerprint density at radius 1 is 0.867 bits per heavy atom. The molecule has 1 heterocycles. The van der Waals surface area contributed by atoms with Gasteiger partial charge in [0.15, 0.2) is 8.32 Å². The fraction of sp³-hybridized carbons (Fsp3) is 0.926. The Morgan fingerprint density at radius 2 is 1.33 bits per heavy atom. The van der Waals surface area contributed by atoms with E-state index in [2.05, 4.69) is 85.7 Å². The molecule has 178 valence electrons. The van der Waals surface area contributed by atoms with Crippen LogP contribution in [0.15, 0.2) is 12.3 Å². The van der Waals surface area contributed by atoms with Gasteiger partial charge in [0.25, 0.3) is 0 Å². The molecular formula is C27H55NOSi. The maximum Gasteiger partial charge on any atom is 0.192 e. The van der Waals surface area contributed by atoms with Crippen LogP contribution in [0.4, 0.5) is 0 Å². The van der Waals surface area contributed by atoms with Crippen molar-refractivity contribution in [3.8, 4) is 0 Å². The van der Waals surface area contributed by atoms with Gasteiger partial charge in [-0.25, -0.2) is 0 Å². The summed E-state index contributed by atoms with van der Waals surface area (Å²) in [5, 5.41) is 0.272. The van der Waals surface area contributed by atoms with E-state index in [1.807, 2.05) is 0 Å². The first-order chi connectivity index (χ1) is 13.7. The van der Waals surface area contributed by atoms with Crippen molar-refractivity contribution in [2.45, 2.75) is 161 Å². The van der Waals surface area contributed by atoms with Crippen LogP contribution in [0, 0.1) is 0 Å². The smallest absolute Gasteiger partial charge is 0.192 e. The summed E-state index contributed by atoms with van der Waals surface area (Å²) in [6, 6.07) is 0. The molecule has 0 spiro atoms. The SMILES string of the molecule is CCCCCCCCCC/C=C/N1C(C)(C)CC(O[Si](C)(C)C(C)(C)C)CC1(C)C. The molecule has 0 atom stereocenters. The first kappa shape index (κ1) is 27.8. The van der Waals surface area contributed by atoms with Crippen LogP contribution in [-0.2, 0) is 4.43 Å². The lowest BCUT2D eigenvalue weighted by Gasteiger charge is -2.56. The second-order valence-electron chi connectivity index (χ2n) is 12.6. The third kappa shape index (κ3) is 8.69. The molecule has 1 saturated heterocycles. The molecule has 0 aromatic heterocycles. The molecule has 0 amide bonds. The van der Waals surface area contributed by atoms with E-state index in [0.717, 1.165) is 12.8 Å². The lowest BCUT2D eigenvalue weighted by molar-refractivity contribution is -0.0452. The molecule has 0 N–H and O–H groups in total. The lowest BCUT2D eigenvalue weighted by atomic mass is 9.78. The predicted octanol–water partition coefficient (Wildman–Crippen LogP) is 9.07. The number of rotatable bonds is 12. The van der Waals surface area contributed by atoms with Gasteiger partial charge in [-0.2, -0.15) is 0 Å². The Balaban J connectivity index is 2.54. The van der Waals surface area contributed by atoms with Gasteiger partial charge in [0.05, 0.1) is 0 Å². The fourth-order valence-electron chi connectivity index (χ4n) is 4.86. The molecule has 1 aliphatic rings. The van der Waals surface area contributed by atoms with E-state index in [-0.39, 0.29) is 16.1 Å². The number of allylic oxidation sites excluding steroid dienone is 1. The first-order valence-electron chi connectivity index (χ1n) is 12.9. The summed E-state index contributed by atoms with van der Waals surface area (Å²) in [4.78, 5) is 2.62. The molecule has 0 aromatic rings. The highest BCUT2D eigenvalue weighted by Gasteiger charge is 2.47. The number of piperidine rings is 1. The number of unbranched alkanes of at least 4 members (excludes halogenated alkanes) is 8. The van der Waals surface area contributed by atoms with Crippen LogP contribution in [0.5, 0.6) is 0 Å². The maximum absolute atomic E-state index is 6.86. The van der Waals surface area contributed by atoms with Gasteiger partial charge in [0.2, 0.25) is 0 Å². The second-order valence-corrected chi connectivity index (χ2v) is 17.3. The molecule has 0 aromatic carbocycles. The third-order valence-corrected chi connectivity index (χ3v) is 12.0. The summed E-state index contributed by atoms with van der Waals surface area (Å²) in [5.74, 6) is 0. The largest absolute Gasteiger partial charge is 0.414 e. The quantitative estimate of drug-likeness (QED) is 0.223. The van der Waals surface area contributed by atoms with Crippen LogP contribution < -0.4 is 0 Å². The van der Waals surface area contributed by atoms with Crippen molar-refractivity contribution in [3.05, 3.63) is 12.3 Å². The highest BCUT2D eigenvalue weighted by molar-refractivity contribution is 6.74. The van der Waals surface area contributed by atoms with E-state index in [4.69, 9.17) is 4.43 Å². The topological polar surface area (TPSA) is 12.5 Å². The molecule has 1 rings (SSSR count). The van der Waals surface area contributed by atoms with Crippen molar-refractivity contribution >= 4 is 8.32 Å². The number of hydrogen-bond donors (Lipinski definition) is 0. The van der Waals surface area contributed by atoms with E-state index >= 15 is 0 Å². The van der Waals surface area contributed by atoms with Crippen molar-refractivity contribution in [3.63, 3.8) is 0 Å². The molecule has 1 aliphatic heterocycles. The highest BCUT2D eigenvalue weighted by Crippen LogP contribution is 2.44. The zero-order valence-corrected chi connectivity index (χ0v) is 23.4. The Labute approximate surface area is 191 Å². The van der Waals surface area contributed by atoms with Crippen LogP contribution in [0.3, 0.4) is 0 Å². The average Bonchev–Trinajstić information content (AvgIpc) is 2.56. The zero-order chi connectivity index (χ0) is 23.1. The minimum atomic E-state index is -1.73. The average molecular weight is 438 g/mol. The van der Waals surface area contributed by atoms with Crippen molar-refractivity contribution in [2.24, 2.45) is 0 Å². The first-order valence-corrected chi connectivity index (χ1v) is 15.8. The molecule has 0 aliphatic carbocycles. The zero-order valence-electron chi connectivity index (χ0n) is 22.4. The third-order valence-electron chi connectivity index (χ3n) is 7.51. The van der Waals surface area contributed by atoms with Gasteiger partial charge >= 0.3 is 0 Å². The van der Waals surface area contributed by atoms with E-state index in [9.17, 15) is 0 Å². The standard InChI is InChI=1S/C27H55NOSi/c1-11-12-13-14-15-16-17-18-19-20-21-28-26(5,6)22-24(23-27(28,7)8)29-30(9,10)25(2,3)4/h20-21,24H,11-19,22-23H2,1-10H3/b21-20+. The van der Waals surface area contributed by atoms with Crippen molar-refractivity contribution in [1.82, 2.24) is 4.90 Å². The van der Waals surface area contributed by atoms with Gasteiger partial charge in [-0.1, -0.05) is 78.7 Å². The van der Waals surface area contributed by atoms with Crippen LogP contribution in [0.2, 0.25) is 18.1 Å². The summed E-state index contributed by atoms with van der Waals surface area (Å²) < 4.78 is 6.86. The normalized spacial score (nSPS) is 20.3. The van der Waals surface area contributed by atoms with Crippen LogP contribution in [0.1, 0.15) is 126 Å². The van der Waals surface area contributed by atoms with Gasteiger partial charge < -0.3 is 9.33 Å². The van der Waals surface area contributed by atoms with Crippen LogP contribution in [-0.4, -0.2) is 30.4 Å². The maximum atomic E-state index is 6.86. The molecule has 0 radical (unpaired) electrons. The molecule has 30 heavy (non-hydrogen) atoms. The molecule has 0 unspecified atom stereocenters. The summed E-state index contributed by atoms with van der Waals surface area (Å²) in [7, 11) is -1.73. The molecular weight excluding hydrogens is 382 g/mol. The summed E-state index contributed by atoms with van der Waals surface area (Å²) in [6.07, 6.45) is 19.8. The van der Waals surface area contributed by atoms with Gasteiger partial charge in [0.1, 0.15) is 0 Å². The fourth-order valence-corrected chi connectivity index (χ4v) is 6.21. The predicted molar refractivity (Wildman–Crippen MR) is 138 cm³/mol. The molecule has 0 saturated carbocycles. The number of nitrogens with zero attached hydrogens (tertiary/aromatic N) is 1. The summed E-state index contributed by atoms with van der Waals surface area (Å²) in [5.41, 5.74) is 0.259. The Kier molecular flexibility index (Phi) is 10.7. The monoisotopic (exact) mass is 437 g/mol. The second kappa shape index (κ2) is 11.5. The van der Waals surface area contributed by atoms with Gasteiger partial charge in [-0.3, -0.25) is 0 Å². The van der Waals surface area contributed by atoms with Gasteiger partial charge in [-0.05, 0) is 77.7 Å². The van der Waals surface area contributed by atoms with E-state index < -0.39 is 8.32 Å². The van der Waals surface area contributed by atoms with Crippen LogP contribution >= 0.6 is 0 Å². The Hall–Kier alpha value is -0.283. The van der Waals surface area contributed by atoms with Gasteiger partial charge in [-0.15, -0.1) is 0 Å². The van der Waals surface area contributed by atoms with E-state index in [1.165, 1.54) is 57.8 Å². The molecule has 1 fully saturated rings. The Bertz CT molecular complexity index is 497. The summed E-state index contributed by atoms with van der Waals surface area (Å²) in [6.45, 7) is 23.7. The minimum Gasteiger partial charge on any atom is -0.414 e. The number of likely N-dealkylation sites (tertiary alicyclic amines) is 1. The molecule has 0 bridgehead atoms. The van der Waals surface area contributed by atoms with Crippen molar-refractivity contribution in [2.75, 3.05) is 0 Å². The molecule has 3 heteroatoms. The van der Waals surface area contributed by atoms with Crippen LogP contribution in [0.25, 0.3) is 0 Å². The van der Waals surface area contributed by atoms with Gasteiger partial charge in [0, 0.05) is 17.2 Å².